The van der Waals surface area contributed by atoms with Crippen molar-refractivity contribution in [2.24, 2.45) is 5.73 Å². The summed E-state index contributed by atoms with van der Waals surface area (Å²) in [4.78, 5) is 2.20. The average molecular weight is 349 g/mol. The Hall–Kier alpha value is -1.52. The van der Waals surface area contributed by atoms with Crippen molar-refractivity contribution in [1.82, 2.24) is 0 Å². The van der Waals surface area contributed by atoms with Crippen molar-refractivity contribution in [3.63, 3.8) is 0 Å². The number of rotatable bonds is 5. The van der Waals surface area contributed by atoms with Crippen LogP contribution in [0.3, 0.4) is 0 Å². The highest BCUT2D eigenvalue weighted by Gasteiger charge is 2.16. The molecule has 0 radical (unpaired) electrons. The molecule has 0 bridgehead atoms. The Kier molecular flexibility index (Phi) is 5.26. The number of nitrogens with zero attached hydrogens (tertiary/aromatic N) is 1. The lowest BCUT2D eigenvalue weighted by Gasteiger charge is -2.25. The van der Waals surface area contributed by atoms with Gasteiger partial charge in [-0.3, -0.25) is 0 Å². The maximum absolute atomic E-state index is 6.13. The molecule has 0 aliphatic rings. The lowest BCUT2D eigenvalue weighted by atomic mass is 10.0. The minimum Gasteiger partial charge on any atom is -0.496 e. The number of ether oxygens (including phenoxy) is 1. The molecule has 2 aromatic rings. The third-order valence-electron chi connectivity index (χ3n) is 3.46. The van der Waals surface area contributed by atoms with Crippen LogP contribution >= 0.6 is 15.9 Å². The summed E-state index contributed by atoms with van der Waals surface area (Å²) in [7, 11) is 3.75. The van der Waals surface area contributed by atoms with Gasteiger partial charge in [0.2, 0.25) is 0 Å². The summed E-state index contributed by atoms with van der Waals surface area (Å²) in [6.07, 6.45) is 0. The van der Waals surface area contributed by atoms with E-state index >= 15 is 0 Å². The van der Waals surface area contributed by atoms with Crippen molar-refractivity contribution in [1.29, 1.82) is 0 Å². The lowest BCUT2D eigenvalue weighted by Crippen LogP contribution is -2.20. The van der Waals surface area contributed by atoms with Gasteiger partial charge < -0.3 is 15.4 Å². The molecule has 0 saturated heterocycles. The number of methoxy groups -OCH3 is 1. The Labute approximate surface area is 134 Å². The maximum Gasteiger partial charge on any atom is 0.125 e. The third-order valence-corrected chi connectivity index (χ3v) is 3.99. The van der Waals surface area contributed by atoms with Crippen LogP contribution in [0.2, 0.25) is 0 Å². The van der Waals surface area contributed by atoms with Gasteiger partial charge in [0.15, 0.2) is 0 Å². The second-order valence-corrected chi connectivity index (χ2v) is 6.08. The molecule has 2 aromatic carbocycles. The second kappa shape index (κ2) is 6.96. The molecule has 3 nitrogen and oxygen atoms in total. The summed E-state index contributed by atoms with van der Waals surface area (Å²) in [6.45, 7) is 2.80. The van der Waals surface area contributed by atoms with E-state index in [2.05, 4.69) is 58.2 Å². The Balaban J connectivity index is 2.30. The first-order valence-electron chi connectivity index (χ1n) is 6.91. The van der Waals surface area contributed by atoms with Crippen molar-refractivity contribution in [2.75, 3.05) is 19.1 Å². The SMILES string of the molecule is COc1cccc(N(C)Cc2ccc(Br)cc2)c1C(C)N. The Morgan fingerprint density at radius 2 is 1.86 bits per heavy atom. The molecule has 0 amide bonds. The zero-order valence-electron chi connectivity index (χ0n) is 12.6. The first-order valence-corrected chi connectivity index (χ1v) is 7.70. The molecule has 1 atom stereocenters. The topological polar surface area (TPSA) is 38.5 Å². The number of benzene rings is 2. The van der Waals surface area contributed by atoms with E-state index in [0.29, 0.717) is 0 Å². The van der Waals surface area contributed by atoms with Crippen LogP contribution in [0.15, 0.2) is 46.9 Å². The highest BCUT2D eigenvalue weighted by atomic mass is 79.9. The fourth-order valence-electron chi connectivity index (χ4n) is 2.45. The molecule has 0 fully saturated rings. The van der Waals surface area contributed by atoms with Gasteiger partial charge in [-0.15, -0.1) is 0 Å². The fourth-order valence-corrected chi connectivity index (χ4v) is 2.71. The summed E-state index contributed by atoms with van der Waals surface area (Å²) in [5, 5.41) is 0. The molecule has 2 N–H and O–H groups in total. The average Bonchev–Trinajstić information content (AvgIpc) is 2.48. The molecule has 21 heavy (non-hydrogen) atoms. The van der Waals surface area contributed by atoms with Crippen LogP contribution in [0.5, 0.6) is 5.75 Å². The van der Waals surface area contributed by atoms with E-state index in [1.54, 1.807) is 7.11 Å². The van der Waals surface area contributed by atoms with E-state index < -0.39 is 0 Å². The first kappa shape index (κ1) is 15.9. The van der Waals surface area contributed by atoms with E-state index in [0.717, 1.165) is 28.0 Å². The minimum absolute atomic E-state index is 0.0801. The summed E-state index contributed by atoms with van der Waals surface area (Å²) in [6, 6.07) is 14.3. The maximum atomic E-state index is 6.13. The molecule has 4 heteroatoms. The minimum atomic E-state index is -0.0801. The van der Waals surface area contributed by atoms with Gasteiger partial charge in [-0.1, -0.05) is 34.1 Å². The first-order chi connectivity index (χ1) is 10.0. The van der Waals surface area contributed by atoms with Crippen molar-refractivity contribution in [3.8, 4) is 5.75 Å². The summed E-state index contributed by atoms with van der Waals surface area (Å²) in [5.41, 5.74) is 9.52. The molecule has 0 spiro atoms. The molecule has 0 aromatic heterocycles. The van der Waals surface area contributed by atoms with Gasteiger partial charge in [0, 0.05) is 35.4 Å². The molecular formula is C17H21BrN2O. The quantitative estimate of drug-likeness (QED) is 0.883. The van der Waals surface area contributed by atoms with Gasteiger partial charge in [-0.25, -0.2) is 0 Å². The summed E-state index contributed by atoms with van der Waals surface area (Å²) in [5.74, 6) is 0.838. The third kappa shape index (κ3) is 3.77. The highest BCUT2D eigenvalue weighted by molar-refractivity contribution is 9.10. The number of hydrogen-bond acceptors (Lipinski definition) is 3. The predicted octanol–water partition coefficient (Wildman–Crippen LogP) is 4.11. The van der Waals surface area contributed by atoms with E-state index in [1.807, 2.05) is 19.1 Å². The highest BCUT2D eigenvalue weighted by Crippen LogP contribution is 2.33. The largest absolute Gasteiger partial charge is 0.496 e. The number of anilines is 1. The fraction of sp³-hybridized carbons (Fsp3) is 0.294. The van der Waals surface area contributed by atoms with Crippen LogP contribution in [0, 0.1) is 0 Å². The summed E-state index contributed by atoms with van der Waals surface area (Å²) < 4.78 is 6.54. The monoisotopic (exact) mass is 348 g/mol. The molecule has 2 rings (SSSR count). The Bertz CT molecular complexity index is 596. The van der Waals surface area contributed by atoms with Crippen LogP contribution in [0.1, 0.15) is 24.1 Å². The van der Waals surface area contributed by atoms with E-state index in [-0.39, 0.29) is 6.04 Å². The van der Waals surface area contributed by atoms with Gasteiger partial charge >= 0.3 is 0 Å². The number of halogens is 1. The van der Waals surface area contributed by atoms with E-state index in [9.17, 15) is 0 Å². The number of nitrogens with two attached hydrogens (primary N) is 1. The molecule has 0 heterocycles. The van der Waals surface area contributed by atoms with Gasteiger partial charge in [-0.05, 0) is 36.8 Å². The van der Waals surface area contributed by atoms with Crippen LogP contribution < -0.4 is 15.4 Å². The molecule has 112 valence electrons. The van der Waals surface area contributed by atoms with Crippen LogP contribution in [-0.2, 0) is 6.54 Å². The number of hydrogen-bond donors (Lipinski definition) is 1. The Morgan fingerprint density at radius 1 is 1.19 bits per heavy atom. The second-order valence-electron chi connectivity index (χ2n) is 5.16. The predicted molar refractivity (Wildman–Crippen MR) is 91.8 cm³/mol. The molecule has 1 unspecified atom stereocenters. The lowest BCUT2D eigenvalue weighted by molar-refractivity contribution is 0.407. The van der Waals surface area contributed by atoms with Gasteiger partial charge in [-0.2, -0.15) is 0 Å². The van der Waals surface area contributed by atoms with Gasteiger partial charge in [0.1, 0.15) is 5.75 Å². The van der Waals surface area contributed by atoms with Gasteiger partial charge in [0.25, 0.3) is 0 Å². The Morgan fingerprint density at radius 3 is 2.43 bits per heavy atom. The smallest absolute Gasteiger partial charge is 0.125 e. The zero-order chi connectivity index (χ0) is 15.4. The van der Waals surface area contributed by atoms with Crippen LogP contribution in [0.4, 0.5) is 5.69 Å². The van der Waals surface area contributed by atoms with Crippen LogP contribution in [0.25, 0.3) is 0 Å². The van der Waals surface area contributed by atoms with E-state index in [4.69, 9.17) is 10.5 Å². The van der Waals surface area contributed by atoms with E-state index in [1.165, 1.54) is 5.56 Å². The van der Waals surface area contributed by atoms with Crippen molar-refractivity contribution >= 4 is 21.6 Å². The standard InChI is InChI=1S/C17H21BrN2O/c1-12(19)17-15(5-4-6-16(17)21-3)20(2)11-13-7-9-14(18)10-8-13/h4-10,12H,11,19H2,1-3H3. The summed E-state index contributed by atoms with van der Waals surface area (Å²) >= 11 is 3.46. The van der Waals surface area contributed by atoms with Crippen molar-refractivity contribution in [3.05, 3.63) is 58.1 Å². The normalized spacial score (nSPS) is 12.0. The molecule has 0 aliphatic heterocycles. The van der Waals surface area contributed by atoms with Gasteiger partial charge in [0.05, 0.1) is 7.11 Å². The van der Waals surface area contributed by atoms with Crippen molar-refractivity contribution in [2.45, 2.75) is 19.5 Å². The van der Waals surface area contributed by atoms with Crippen molar-refractivity contribution < 1.29 is 4.74 Å². The molecule has 0 aliphatic carbocycles. The zero-order valence-corrected chi connectivity index (χ0v) is 14.2. The molecular weight excluding hydrogens is 328 g/mol. The molecule has 0 saturated carbocycles. The van der Waals surface area contributed by atoms with Crippen LogP contribution in [-0.4, -0.2) is 14.2 Å².